The number of carbonyl (C=O) groups is 1. The van der Waals surface area contributed by atoms with Gasteiger partial charge in [-0.2, -0.15) is 5.10 Å². The van der Waals surface area contributed by atoms with Crippen LogP contribution in [-0.4, -0.2) is 45.9 Å². The van der Waals surface area contributed by atoms with Gasteiger partial charge in [0.2, 0.25) is 0 Å². The number of hydrogen-bond donors (Lipinski definition) is 2. The molecule has 2 N–H and O–H groups in total. The smallest absolute Gasteiger partial charge is 0.255 e. The second-order valence-corrected chi connectivity index (χ2v) is 8.49. The van der Waals surface area contributed by atoms with Crippen LogP contribution in [0.15, 0.2) is 42.7 Å². The SMILES string of the molecule is Fc1ccc(F)cc1.O=C(NC1CCCC(O)C1)c1cnn2ccc(N3CCCC3)c(F)c12. The summed E-state index contributed by atoms with van der Waals surface area (Å²) in [5.74, 6) is -1.54. The van der Waals surface area contributed by atoms with E-state index in [4.69, 9.17) is 0 Å². The van der Waals surface area contributed by atoms with Gasteiger partial charge >= 0.3 is 0 Å². The lowest BCUT2D eigenvalue weighted by Gasteiger charge is -2.26. The minimum Gasteiger partial charge on any atom is -0.393 e. The van der Waals surface area contributed by atoms with Gasteiger partial charge in [0.25, 0.3) is 5.91 Å². The zero-order valence-electron chi connectivity index (χ0n) is 18.2. The van der Waals surface area contributed by atoms with Gasteiger partial charge in [0, 0.05) is 25.3 Å². The number of aliphatic hydroxyl groups is 1. The minimum absolute atomic E-state index is 0.0731. The van der Waals surface area contributed by atoms with Crippen molar-refractivity contribution in [2.75, 3.05) is 18.0 Å². The van der Waals surface area contributed by atoms with Crippen molar-refractivity contribution in [3.8, 4) is 0 Å². The number of aromatic nitrogens is 2. The van der Waals surface area contributed by atoms with Crippen molar-refractivity contribution in [1.29, 1.82) is 0 Å². The molecule has 9 heteroatoms. The predicted molar refractivity (Wildman–Crippen MR) is 119 cm³/mol. The Morgan fingerprint density at radius 1 is 1.00 bits per heavy atom. The third kappa shape index (κ3) is 5.47. The van der Waals surface area contributed by atoms with Crippen LogP contribution in [0.4, 0.5) is 18.9 Å². The van der Waals surface area contributed by atoms with Crippen molar-refractivity contribution in [2.24, 2.45) is 0 Å². The lowest BCUT2D eigenvalue weighted by atomic mass is 9.93. The highest BCUT2D eigenvalue weighted by Crippen LogP contribution is 2.28. The van der Waals surface area contributed by atoms with Crippen molar-refractivity contribution in [1.82, 2.24) is 14.9 Å². The number of anilines is 1. The maximum atomic E-state index is 15.1. The molecule has 1 aliphatic carbocycles. The second-order valence-electron chi connectivity index (χ2n) is 8.49. The van der Waals surface area contributed by atoms with Crippen molar-refractivity contribution < 1.29 is 23.1 Å². The van der Waals surface area contributed by atoms with E-state index in [1.54, 1.807) is 12.3 Å². The van der Waals surface area contributed by atoms with E-state index in [1.165, 1.54) is 10.7 Å². The first-order chi connectivity index (χ1) is 15.9. The summed E-state index contributed by atoms with van der Waals surface area (Å²) >= 11 is 0. The minimum atomic E-state index is -0.411. The third-order valence-corrected chi connectivity index (χ3v) is 6.08. The fourth-order valence-electron chi connectivity index (χ4n) is 4.39. The molecule has 2 aliphatic rings. The molecule has 2 fully saturated rings. The number of amides is 1. The van der Waals surface area contributed by atoms with Gasteiger partial charge in [0.1, 0.15) is 17.2 Å². The molecular formula is C24H27F3N4O2. The average molecular weight is 461 g/mol. The fraction of sp³-hybridized carbons (Fsp3) is 0.417. The first kappa shape index (κ1) is 23.1. The van der Waals surface area contributed by atoms with Gasteiger partial charge in [-0.15, -0.1) is 0 Å². The topological polar surface area (TPSA) is 69.9 Å². The van der Waals surface area contributed by atoms with E-state index in [9.17, 15) is 18.7 Å². The number of hydrogen-bond acceptors (Lipinski definition) is 4. The molecule has 0 bridgehead atoms. The number of aliphatic hydroxyl groups excluding tert-OH is 1. The highest BCUT2D eigenvalue weighted by atomic mass is 19.1. The van der Waals surface area contributed by atoms with Crippen LogP contribution in [0.2, 0.25) is 0 Å². The molecule has 2 unspecified atom stereocenters. The molecule has 2 atom stereocenters. The van der Waals surface area contributed by atoms with Gasteiger partial charge in [0.15, 0.2) is 5.82 Å². The molecule has 0 radical (unpaired) electrons. The van der Waals surface area contributed by atoms with Gasteiger partial charge in [0.05, 0.1) is 23.6 Å². The zero-order chi connectivity index (χ0) is 23.4. The highest BCUT2D eigenvalue weighted by molar-refractivity contribution is 6.01. The molecule has 176 valence electrons. The van der Waals surface area contributed by atoms with E-state index < -0.39 is 17.5 Å². The fourth-order valence-corrected chi connectivity index (χ4v) is 4.39. The quantitative estimate of drug-likeness (QED) is 0.618. The molecule has 0 spiro atoms. The van der Waals surface area contributed by atoms with Crippen LogP contribution in [0, 0.1) is 17.5 Å². The number of carbonyl (C=O) groups excluding carboxylic acids is 1. The molecule has 1 aliphatic heterocycles. The Kier molecular flexibility index (Phi) is 7.17. The van der Waals surface area contributed by atoms with E-state index in [2.05, 4.69) is 10.4 Å². The summed E-state index contributed by atoms with van der Waals surface area (Å²) in [6.45, 7) is 1.67. The average Bonchev–Trinajstić information content (AvgIpc) is 3.47. The van der Waals surface area contributed by atoms with Crippen LogP contribution in [0.25, 0.3) is 5.52 Å². The molecular weight excluding hydrogens is 433 g/mol. The monoisotopic (exact) mass is 460 g/mol. The van der Waals surface area contributed by atoms with E-state index >= 15 is 4.39 Å². The number of halogens is 3. The summed E-state index contributed by atoms with van der Waals surface area (Å²) in [4.78, 5) is 14.7. The van der Waals surface area contributed by atoms with Gasteiger partial charge in [-0.05, 0) is 68.9 Å². The van der Waals surface area contributed by atoms with Gasteiger partial charge < -0.3 is 15.3 Å². The number of fused-ring (bicyclic) bond motifs is 1. The lowest BCUT2D eigenvalue weighted by molar-refractivity contribution is 0.0851. The maximum Gasteiger partial charge on any atom is 0.255 e. The highest BCUT2D eigenvalue weighted by Gasteiger charge is 2.26. The molecule has 1 saturated heterocycles. The molecule has 1 saturated carbocycles. The standard InChI is InChI=1S/C18H23FN4O2.C6H4F2/c19-16-15(22-7-1-2-8-22)6-9-23-17(16)14(11-20-23)18(25)21-12-4-3-5-13(24)10-12;7-5-1-2-6(8)4-3-5/h6,9,11-13,24H,1-5,7-8,10H2,(H,21,25);1-4H. The summed E-state index contributed by atoms with van der Waals surface area (Å²) < 4.78 is 40.3. The molecule has 33 heavy (non-hydrogen) atoms. The number of nitrogens with zero attached hydrogens (tertiary/aromatic N) is 3. The van der Waals surface area contributed by atoms with Crippen LogP contribution < -0.4 is 10.2 Å². The van der Waals surface area contributed by atoms with Crippen LogP contribution in [0.1, 0.15) is 48.9 Å². The largest absolute Gasteiger partial charge is 0.393 e. The number of benzene rings is 1. The summed E-state index contributed by atoms with van der Waals surface area (Å²) in [6, 6.07) is 5.96. The third-order valence-electron chi connectivity index (χ3n) is 6.08. The summed E-state index contributed by atoms with van der Waals surface area (Å²) in [5, 5.41) is 16.8. The Morgan fingerprint density at radius 3 is 2.30 bits per heavy atom. The van der Waals surface area contributed by atoms with E-state index in [0.29, 0.717) is 12.1 Å². The Bertz CT molecular complexity index is 1080. The Labute approximate surface area is 190 Å². The molecule has 5 rings (SSSR count). The van der Waals surface area contributed by atoms with Crippen molar-refractivity contribution in [3.05, 3.63) is 65.7 Å². The van der Waals surface area contributed by atoms with E-state index in [0.717, 1.165) is 69.5 Å². The van der Waals surface area contributed by atoms with Crippen LogP contribution >= 0.6 is 0 Å². The summed E-state index contributed by atoms with van der Waals surface area (Å²) in [5.41, 5.74) is 1.00. The van der Waals surface area contributed by atoms with Crippen molar-refractivity contribution in [3.63, 3.8) is 0 Å². The van der Waals surface area contributed by atoms with E-state index in [1.807, 2.05) is 4.90 Å². The zero-order valence-corrected chi connectivity index (χ0v) is 18.2. The van der Waals surface area contributed by atoms with Crippen LogP contribution in [0.5, 0.6) is 0 Å². The first-order valence-electron chi connectivity index (χ1n) is 11.2. The summed E-state index contributed by atoms with van der Waals surface area (Å²) in [7, 11) is 0. The molecule has 2 aromatic heterocycles. The van der Waals surface area contributed by atoms with Crippen LogP contribution in [0.3, 0.4) is 0 Å². The molecule has 3 heterocycles. The predicted octanol–water partition coefficient (Wildman–Crippen LogP) is 4.07. The Morgan fingerprint density at radius 2 is 1.67 bits per heavy atom. The van der Waals surface area contributed by atoms with Crippen molar-refractivity contribution >= 4 is 17.1 Å². The Balaban J connectivity index is 0.000000275. The Hall–Kier alpha value is -3.07. The molecule has 6 nitrogen and oxygen atoms in total. The molecule has 3 aromatic rings. The number of rotatable bonds is 3. The maximum absolute atomic E-state index is 15.1. The lowest BCUT2D eigenvalue weighted by Crippen LogP contribution is -2.39. The van der Waals surface area contributed by atoms with E-state index in [-0.39, 0.29) is 29.1 Å². The van der Waals surface area contributed by atoms with Gasteiger partial charge in [-0.3, -0.25) is 4.79 Å². The molecule has 1 aromatic carbocycles. The van der Waals surface area contributed by atoms with Gasteiger partial charge in [-0.25, -0.2) is 17.7 Å². The number of nitrogens with one attached hydrogen (secondary N) is 1. The number of pyridine rings is 1. The summed E-state index contributed by atoms with van der Waals surface area (Å²) in [6.07, 6.45) is 7.90. The van der Waals surface area contributed by atoms with Crippen molar-refractivity contribution in [2.45, 2.75) is 50.7 Å². The second kappa shape index (κ2) is 10.2. The van der Waals surface area contributed by atoms with Crippen LogP contribution in [-0.2, 0) is 0 Å². The molecule has 1 amide bonds. The van der Waals surface area contributed by atoms with Gasteiger partial charge in [-0.1, -0.05) is 0 Å². The normalized spacial score (nSPS) is 20.4. The first-order valence-corrected chi connectivity index (χ1v) is 11.2.